The molecule has 3 nitrogen and oxygen atoms in total. The molecule has 4 heteroatoms. The van der Waals surface area contributed by atoms with Crippen LogP contribution in [0.3, 0.4) is 0 Å². The highest BCUT2D eigenvalue weighted by Gasteiger charge is 2.07. The molecule has 0 radical (unpaired) electrons. The van der Waals surface area contributed by atoms with Gasteiger partial charge in [-0.1, -0.05) is 6.42 Å². The van der Waals surface area contributed by atoms with E-state index in [4.69, 9.17) is 12.2 Å². The summed E-state index contributed by atoms with van der Waals surface area (Å²) in [5.74, 6) is 1.13. The number of hydrogen-bond donors (Lipinski definition) is 1. The number of hydrogen-bond acceptors (Lipinski definition) is 2. The summed E-state index contributed by atoms with van der Waals surface area (Å²) in [5, 5.41) is 3.06. The fraction of sp³-hybridized carbons (Fsp3) is 0.714. The molecule has 0 aromatic carbocycles. The minimum atomic E-state index is 0.627. The zero-order chi connectivity index (χ0) is 7.68. The molecule has 1 aromatic rings. The van der Waals surface area contributed by atoms with Crippen LogP contribution in [-0.4, -0.2) is 14.8 Å². The van der Waals surface area contributed by atoms with Gasteiger partial charge in [0.05, 0.1) is 0 Å². The lowest BCUT2D eigenvalue weighted by molar-refractivity contribution is 0.573. The third kappa shape index (κ3) is 1.35. The van der Waals surface area contributed by atoms with Crippen molar-refractivity contribution in [3.05, 3.63) is 10.6 Å². The molecule has 0 amide bonds. The Labute approximate surface area is 70.4 Å². The maximum absolute atomic E-state index is 4.94. The van der Waals surface area contributed by atoms with Gasteiger partial charge in [0.2, 0.25) is 4.77 Å². The summed E-state index contributed by atoms with van der Waals surface area (Å²) in [5.41, 5.74) is 0. The number of aromatic nitrogens is 3. The van der Waals surface area contributed by atoms with Crippen molar-refractivity contribution in [1.82, 2.24) is 14.8 Å². The second-order valence-electron chi connectivity index (χ2n) is 2.91. The summed E-state index contributed by atoms with van der Waals surface area (Å²) in [6, 6.07) is 0. The first-order valence-corrected chi connectivity index (χ1v) is 4.43. The highest BCUT2D eigenvalue weighted by atomic mass is 32.1. The van der Waals surface area contributed by atoms with Crippen LogP contribution in [0.5, 0.6) is 0 Å². The molecule has 60 valence electrons. The first-order valence-electron chi connectivity index (χ1n) is 4.02. The molecule has 0 spiro atoms. The van der Waals surface area contributed by atoms with Crippen molar-refractivity contribution in [3.63, 3.8) is 0 Å². The molecule has 1 aliphatic heterocycles. The van der Waals surface area contributed by atoms with E-state index in [2.05, 4.69) is 14.8 Å². The van der Waals surface area contributed by atoms with Crippen LogP contribution in [-0.2, 0) is 13.0 Å². The third-order valence-electron chi connectivity index (χ3n) is 2.05. The van der Waals surface area contributed by atoms with Crippen molar-refractivity contribution < 1.29 is 0 Å². The van der Waals surface area contributed by atoms with Crippen molar-refractivity contribution in [3.8, 4) is 0 Å². The lowest BCUT2D eigenvalue weighted by Crippen LogP contribution is -2.01. The van der Waals surface area contributed by atoms with E-state index < -0.39 is 0 Å². The minimum absolute atomic E-state index is 0.627. The zero-order valence-electron chi connectivity index (χ0n) is 6.34. The molecule has 0 atom stereocenters. The maximum atomic E-state index is 4.94. The Kier molecular flexibility index (Phi) is 1.77. The number of rotatable bonds is 0. The van der Waals surface area contributed by atoms with E-state index in [1.165, 1.54) is 19.3 Å². The van der Waals surface area contributed by atoms with Crippen molar-refractivity contribution in [2.24, 2.45) is 0 Å². The Morgan fingerprint density at radius 3 is 3.18 bits per heavy atom. The molecule has 0 bridgehead atoms. The molecule has 0 unspecified atom stereocenters. The predicted molar refractivity (Wildman–Crippen MR) is 45.0 cm³/mol. The van der Waals surface area contributed by atoms with Gasteiger partial charge in [0.15, 0.2) is 0 Å². The SMILES string of the molecule is S=c1nc2n([nH]1)CCCCC2. The van der Waals surface area contributed by atoms with Crippen LogP contribution in [0.4, 0.5) is 0 Å². The lowest BCUT2D eigenvalue weighted by atomic mass is 10.2. The van der Waals surface area contributed by atoms with Gasteiger partial charge in [0.1, 0.15) is 5.82 Å². The molecule has 0 saturated carbocycles. The van der Waals surface area contributed by atoms with Gasteiger partial charge in [-0.3, -0.25) is 9.78 Å². The number of fused-ring (bicyclic) bond motifs is 1. The molecule has 2 heterocycles. The molecular formula is C7H11N3S. The van der Waals surface area contributed by atoms with Gasteiger partial charge >= 0.3 is 0 Å². The first-order chi connectivity index (χ1) is 5.36. The van der Waals surface area contributed by atoms with E-state index in [1.807, 2.05) is 0 Å². The van der Waals surface area contributed by atoms with E-state index in [1.54, 1.807) is 0 Å². The van der Waals surface area contributed by atoms with Gasteiger partial charge in [0.25, 0.3) is 0 Å². The quantitative estimate of drug-likeness (QED) is 0.599. The smallest absolute Gasteiger partial charge is 0.213 e. The Bertz CT molecular complexity index is 272. The monoisotopic (exact) mass is 169 g/mol. The normalized spacial score (nSPS) is 17.5. The van der Waals surface area contributed by atoms with Gasteiger partial charge < -0.3 is 0 Å². The summed E-state index contributed by atoms with van der Waals surface area (Å²) in [6.07, 6.45) is 4.88. The van der Waals surface area contributed by atoms with Crippen LogP contribution >= 0.6 is 12.2 Å². The van der Waals surface area contributed by atoms with Crippen LogP contribution in [0.1, 0.15) is 25.1 Å². The van der Waals surface area contributed by atoms with Crippen molar-refractivity contribution in [1.29, 1.82) is 0 Å². The van der Waals surface area contributed by atoms with E-state index in [0.29, 0.717) is 4.77 Å². The van der Waals surface area contributed by atoms with Crippen molar-refractivity contribution in [2.45, 2.75) is 32.2 Å². The van der Waals surface area contributed by atoms with Crippen LogP contribution < -0.4 is 0 Å². The van der Waals surface area contributed by atoms with E-state index in [9.17, 15) is 0 Å². The standard InChI is InChI=1S/C7H11N3S/c11-7-8-6-4-2-1-3-5-10(6)9-7/h1-5H2,(H,9,11). The van der Waals surface area contributed by atoms with Gasteiger partial charge in [0, 0.05) is 13.0 Å². The highest BCUT2D eigenvalue weighted by Crippen LogP contribution is 2.10. The number of aromatic amines is 1. The molecule has 2 rings (SSSR count). The fourth-order valence-corrected chi connectivity index (χ4v) is 1.70. The van der Waals surface area contributed by atoms with Gasteiger partial charge in [-0.05, 0) is 25.1 Å². The molecule has 0 aliphatic carbocycles. The Morgan fingerprint density at radius 2 is 2.27 bits per heavy atom. The second-order valence-corrected chi connectivity index (χ2v) is 3.29. The fourth-order valence-electron chi connectivity index (χ4n) is 1.49. The molecular weight excluding hydrogens is 158 g/mol. The number of nitrogens with one attached hydrogen (secondary N) is 1. The van der Waals surface area contributed by atoms with Crippen LogP contribution in [0.15, 0.2) is 0 Å². The predicted octanol–water partition coefficient (Wildman–Crippen LogP) is 1.67. The Morgan fingerprint density at radius 1 is 1.36 bits per heavy atom. The number of nitrogens with zero attached hydrogens (tertiary/aromatic N) is 2. The molecule has 1 aliphatic rings. The number of H-pyrrole nitrogens is 1. The second kappa shape index (κ2) is 2.77. The summed E-state index contributed by atoms with van der Waals surface area (Å²) in [6.45, 7) is 1.05. The molecule has 1 aromatic heterocycles. The largest absolute Gasteiger partial charge is 0.272 e. The summed E-state index contributed by atoms with van der Waals surface area (Å²) in [7, 11) is 0. The first kappa shape index (κ1) is 7.03. The molecule has 0 fully saturated rings. The van der Waals surface area contributed by atoms with Crippen LogP contribution in [0, 0.1) is 4.77 Å². The highest BCUT2D eigenvalue weighted by molar-refractivity contribution is 7.71. The Hall–Kier alpha value is -0.640. The Balaban J connectivity index is 2.39. The average Bonchev–Trinajstić information content (AvgIpc) is 2.17. The summed E-state index contributed by atoms with van der Waals surface area (Å²) < 4.78 is 2.71. The van der Waals surface area contributed by atoms with Crippen molar-refractivity contribution in [2.75, 3.05) is 0 Å². The van der Waals surface area contributed by atoms with Crippen LogP contribution in [0.25, 0.3) is 0 Å². The third-order valence-corrected chi connectivity index (χ3v) is 2.24. The topological polar surface area (TPSA) is 33.6 Å². The minimum Gasteiger partial charge on any atom is -0.272 e. The molecule has 1 N–H and O–H groups in total. The van der Waals surface area contributed by atoms with Gasteiger partial charge in [-0.2, -0.15) is 0 Å². The summed E-state index contributed by atoms with van der Waals surface area (Å²) in [4.78, 5) is 4.23. The van der Waals surface area contributed by atoms with Crippen LogP contribution in [0.2, 0.25) is 0 Å². The van der Waals surface area contributed by atoms with Gasteiger partial charge in [-0.25, -0.2) is 4.98 Å². The van der Waals surface area contributed by atoms with Gasteiger partial charge in [-0.15, -0.1) is 0 Å². The molecule has 11 heavy (non-hydrogen) atoms. The lowest BCUT2D eigenvalue weighted by Gasteiger charge is -1.98. The number of aryl methyl sites for hydroxylation is 2. The summed E-state index contributed by atoms with van der Waals surface area (Å²) >= 11 is 4.94. The van der Waals surface area contributed by atoms with E-state index in [0.717, 1.165) is 18.8 Å². The molecule has 0 saturated heterocycles. The zero-order valence-corrected chi connectivity index (χ0v) is 7.15. The van der Waals surface area contributed by atoms with E-state index >= 15 is 0 Å². The van der Waals surface area contributed by atoms with E-state index in [-0.39, 0.29) is 0 Å². The van der Waals surface area contributed by atoms with Crippen molar-refractivity contribution >= 4 is 12.2 Å². The maximum Gasteiger partial charge on any atom is 0.213 e. The average molecular weight is 169 g/mol.